The highest BCUT2D eigenvalue weighted by Crippen LogP contribution is 2.12. The lowest BCUT2D eigenvalue weighted by atomic mass is 10.2. The molecule has 0 amide bonds. The van der Waals surface area contributed by atoms with Crippen LogP contribution < -0.4 is 0 Å². The Bertz CT molecular complexity index is 79.1. The molecule has 0 aromatic carbocycles. The molecule has 2 nitrogen and oxygen atoms in total. The average Bonchev–Trinajstić information content (AvgIpc) is 1.93. The van der Waals surface area contributed by atoms with Crippen molar-refractivity contribution in [1.29, 1.82) is 0 Å². The third-order valence-electron chi connectivity index (χ3n) is 1.60. The first-order valence-electron chi connectivity index (χ1n) is 3.38. The minimum atomic E-state index is -0.0793. The van der Waals surface area contributed by atoms with Crippen LogP contribution in [0.25, 0.3) is 0 Å². The zero-order chi connectivity index (χ0) is 6.69. The molecule has 1 heterocycles. The zero-order valence-electron chi connectivity index (χ0n) is 5.39. The Morgan fingerprint density at radius 2 is 2.22 bits per heavy atom. The molecule has 1 N–H and O–H groups in total. The molecular weight excluding hydrogens is 229 g/mol. The number of β-amino-alcohol motifs (C(OH)–C–C–N with tert-alkyl or cyclic N) is 1. The molecule has 1 aliphatic rings. The molecule has 1 saturated heterocycles. The van der Waals surface area contributed by atoms with E-state index in [0.29, 0.717) is 0 Å². The van der Waals surface area contributed by atoms with Crippen LogP contribution in [0, 0.1) is 0 Å². The monoisotopic (exact) mass is 241 g/mol. The van der Waals surface area contributed by atoms with Crippen molar-refractivity contribution in [3.8, 4) is 0 Å². The summed E-state index contributed by atoms with van der Waals surface area (Å²) in [7, 11) is 0. The maximum atomic E-state index is 9.21. The van der Waals surface area contributed by atoms with Crippen LogP contribution in [0.1, 0.15) is 19.3 Å². The summed E-state index contributed by atoms with van der Waals surface area (Å²) < 4.78 is 2.16. The van der Waals surface area contributed by atoms with E-state index in [1.54, 1.807) is 0 Å². The normalized spacial score (nSPS) is 32.0. The van der Waals surface area contributed by atoms with Gasteiger partial charge < -0.3 is 5.11 Å². The fourth-order valence-electron chi connectivity index (χ4n) is 1.07. The van der Waals surface area contributed by atoms with Crippen LogP contribution in [0.3, 0.4) is 0 Å². The van der Waals surface area contributed by atoms with E-state index >= 15 is 0 Å². The third-order valence-corrected chi connectivity index (χ3v) is 2.47. The van der Waals surface area contributed by atoms with E-state index in [4.69, 9.17) is 0 Å². The summed E-state index contributed by atoms with van der Waals surface area (Å²) in [5, 5.41) is 9.21. The van der Waals surface area contributed by atoms with Crippen LogP contribution >= 0.6 is 22.9 Å². The van der Waals surface area contributed by atoms with E-state index in [-0.39, 0.29) is 6.10 Å². The average molecular weight is 241 g/mol. The van der Waals surface area contributed by atoms with Crippen molar-refractivity contribution in [1.82, 2.24) is 3.11 Å². The largest absolute Gasteiger partial charge is 0.392 e. The van der Waals surface area contributed by atoms with Gasteiger partial charge in [0.15, 0.2) is 0 Å². The van der Waals surface area contributed by atoms with Gasteiger partial charge in [-0.1, -0.05) is 0 Å². The van der Waals surface area contributed by atoms with Gasteiger partial charge in [-0.25, -0.2) is 3.11 Å². The van der Waals surface area contributed by atoms with Gasteiger partial charge in [0.25, 0.3) is 0 Å². The van der Waals surface area contributed by atoms with Gasteiger partial charge in [-0.2, -0.15) is 0 Å². The highest BCUT2D eigenvalue weighted by Gasteiger charge is 2.12. The zero-order valence-corrected chi connectivity index (χ0v) is 7.54. The second kappa shape index (κ2) is 3.73. The molecule has 9 heavy (non-hydrogen) atoms. The van der Waals surface area contributed by atoms with Crippen LogP contribution in [-0.2, 0) is 0 Å². The van der Waals surface area contributed by atoms with Crippen LogP contribution in [0.15, 0.2) is 0 Å². The molecule has 0 aromatic rings. The predicted octanol–water partition coefficient (Wildman–Crippen LogP) is 1.18. The molecule has 1 aliphatic heterocycles. The molecule has 54 valence electrons. The Morgan fingerprint density at radius 1 is 1.44 bits per heavy atom. The van der Waals surface area contributed by atoms with Crippen LogP contribution in [-0.4, -0.2) is 27.4 Å². The molecule has 0 saturated carbocycles. The fraction of sp³-hybridized carbons (Fsp3) is 1.00. The number of aliphatic hydroxyl groups is 1. The van der Waals surface area contributed by atoms with Crippen molar-refractivity contribution in [2.45, 2.75) is 25.4 Å². The van der Waals surface area contributed by atoms with E-state index in [0.717, 1.165) is 19.5 Å². The maximum Gasteiger partial charge on any atom is 0.0675 e. The first kappa shape index (κ1) is 7.75. The Balaban J connectivity index is 2.29. The Morgan fingerprint density at radius 3 is 3.00 bits per heavy atom. The third kappa shape index (κ3) is 2.82. The number of hydrogen-bond acceptors (Lipinski definition) is 2. The minimum Gasteiger partial charge on any atom is -0.392 e. The Labute approximate surface area is 69.7 Å². The minimum absolute atomic E-state index is 0.0793. The van der Waals surface area contributed by atoms with Crippen molar-refractivity contribution >= 4 is 22.9 Å². The van der Waals surface area contributed by atoms with Gasteiger partial charge in [0.05, 0.1) is 6.10 Å². The van der Waals surface area contributed by atoms with Gasteiger partial charge in [-0.05, 0) is 19.3 Å². The fourth-order valence-corrected chi connectivity index (χ4v) is 1.87. The van der Waals surface area contributed by atoms with Gasteiger partial charge >= 0.3 is 0 Å². The summed E-state index contributed by atoms with van der Waals surface area (Å²) in [6.45, 7) is 1.98. The number of halogens is 1. The SMILES string of the molecule is OC1CCCCN(I)C1. The van der Waals surface area contributed by atoms with Crippen molar-refractivity contribution in [2.75, 3.05) is 13.1 Å². The molecule has 1 atom stereocenters. The first-order valence-corrected chi connectivity index (χ1v) is 4.34. The molecule has 3 heteroatoms. The lowest BCUT2D eigenvalue weighted by molar-refractivity contribution is 0.155. The highest BCUT2D eigenvalue weighted by atomic mass is 127. The molecule has 0 aliphatic carbocycles. The molecule has 0 aromatic heterocycles. The summed E-state index contributed by atoms with van der Waals surface area (Å²) in [6, 6.07) is 0. The van der Waals surface area contributed by atoms with E-state index in [2.05, 4.69) is 26.0 Å². The second-order valence-corrected chi connectivity index (χ2v) is 3.88. The molecule has 1 unspecified atom stereocenters. The molecule has 1 fully saturated rings. The van der Waals surface area contributed by atoms with Crippen molar-refractivity contribution in [2.24, 2.45) is 0 Å². The van der Waals surface area contributed by atoms with Gasteiger partial charge in [-0.3, -0.25) is 0 Å². The summed E-state index contributed by atoms with van der Waals surface area (Å²) in [4.78, 5) is 0. The Hall–Kier alpha value is 0.650. The van der Waals surface area contributed by atoms with Crippen LogP contribution in [0.2, 0.25) is 0 Å². The summed E-state index contributed by atoms with van der Waals surface area (Å²) in [5.41, 5.74) is 0. The lowest BCUT2D eigenvalue weighted by Gasteiger charge is -2.12. The van der Waals surface area contributed by atoms with E-state index in [1.165, 1.54) is 12.8 Å². The van der Waals surface area contributed by atoms with Gasteiger partial charge in [0.2, 0.25) is 0 Å². The summed E-state index contributed by atoms with van der Waals surface area (Å²) >= 11 is 2.27. The van der Waals surface area contributed by atoms with E-state index in [1.807, 2.05) is 0 Å². The number of hydrogen-bond donors (Lipinski definition) is 1. The topological polar surface area (TPSA) is 23.5 Å². The molecular formula is C6H12INO. The van der Waals surface area contributed by atoms with Crippen molar-refractivity contribution in [3.63, 3.8) is 0 Å². The number of rotatable bonds is 0. The van der Waals surface area contributed by atoms with Gasteiger partial charge in [0, 0.05) is 36.0 Å². The smallest absolute Gasteiger partial charge is 0.0675 e. The Kier molecular flexibility index (Phi) is 3.21. The predicted molar refractivity (Wildman–Crippen MR) is 45.5 cm³/mol. The maximum absolute atomic E-state index is 9.21. The standard InChI is InChI=1S/C6H12INO/c7-8-4-2-1-3-6(9)5-8/h6,9H,1-5H2. The molecule has 0 radical (unpaired) electrons. The summed E-state index contributed by atoms with van der Waals surface area (Å²) in [5.74, 6) is 0. The quantitative estimate of drug-likeness (QED) is 0.508. The number of nitrogens with zero attached hydrogens (tertiary/aromatic N) is 1. The van der Waals surface area contributed by atoms with Crippen LogP contribution in [0.4, 0.5) is 0 Å². The van der Waals surface area contributed by atoms with Gasteiger partial charge in [-0.15, -0.1) is 0 Å². The van der Waals surface area contributed by atoms with Crippen molar-refractivity contribution in [3.05, 3.63) is 0 Å². The molecule has 1 rings (SSSR count). The van der Waals surface area contributed by atoms with Crippen molar-refractivity contribution < 1.29 is 5.11 Å². The van der Waals surface area contributed by atoms with Crippen LogP contribution in [0.5, 0.6) is 0 Å². The highest BCUT2D eigenvalue weighted by molar-refractivity contribution is 14.1. The van der Waals surface area contributed by atoms with E-state index < -0.39 is 0 Å². The molecule has 0 bridgehead atoms. The van der Waals surface area contributed by atoms with Gasteiger partial charge in [0.1, 0.15) is 0 Å². The molecule has 0 spiro atoms. The van der Waals surface area contributed by atoms with E-state index in [9.17, 15) is 5.11 Å². The summed E-state index contributed by atoms with van der Waals surface area (Å²) in [6.07, 6.45) is 3.32. The number of aliphatic hydroxyl groups excluding tert-OH is 1. The first-order chi connectivity index (χ1) is 4.29. The lowest BCUT2D eigenvalue weighted by Crippen LogP contribution is -2.21. The second-order valence-electron chi connectivity index (χ2n) is 2.52.